The zero-order valence-corrected chi connectivity index (χ0v) is 14.5. The Balaban J connectivity index is 1.45. The van der Waals surface area contributed by atoms with E-state index < -0.39 is 0 Å². The first-order chi connectivity index (χ1) is 11.5. The van der Waals surface area contributed by atoms with E-state index in [9.17, 15) is 9.59 Å². The molecule has 24 heavy (non-hydrogen) atoms. The number of benzene rings is 1. The number of carbonyl (C=O) groups is 2. The highest BCUT2D eigenvalue weighted by Crippen LogP contribution is 2.32. The van der Waals surface area contributed by atoms with Gasteiger partial charge in [0.15, 0.2) is 0 Å². The molecule has 0 bridgehead atoms. The van der Waals surface area contributed by atoms with Crippen LogP contribution in [0.25, 0.3) is 0 Å². The molecular weight excluding hydrogens is 302 g/mol. The largest absolute Gasteiger partial charge is 0.353 e. The average Bonchev–Trinajstić information content (AvgIpc) is 3.40. The lowest BCUT2D eigenvalue weighted by Gasteiger charge is -2.32. The van der Waals surface area contributed by atoms with Crippen molar-refractivity contribution in [2.24, 2.45) is 11.8 Å². The van der Waals surface area contributed by atoms with Gasteiger partial charge in [-0.15, -0.1) is 0 Å². The van der Waals surface area contributed by atoms with E-state index in [1.165, 1.54) is 12.8 Å². The van der Waals surface area contributed by atoms with Gasteiger partial charge in [0, 0.05) is 30.7 Å². The molecule has 1 aromatic rings. The van der Waals surface area contributed by atoms with Gasteiger partial charge in [-0.1, -0.05) is 12.1 Å². The normalized spacial score (nSPS) is 19.7. The van der Waals surface area contributed by atoms with Gasteiger partial charge in [-0.2, -0.15) is 0 Å². The van der Waals surface area contributed by atoms with Gasteiger partial charge >= 0.3 is 6.03 Å². The molecule has 3 amide bonds. The third-order valence-corrected chi connectivity index (χ3v) is 5.12. The van der Waals surface area contributed by atoms with Crippen molar-refractivity contribution in [1.82, 2.24) is 10.2 Å². The highest BCUT2D eigenvalue weighted by atomic mass is 16.2. The maximum atomic E-state index is 12.3. The van der Waals surface area contributed by atoms with Gasteiger partial charge in [-0.3, -0.25) is 4.79 Å². The molecule has 3 rings (SSSR count). The second-order valence-electron chi connectivity index (χ2n) is 7.20. The van der Waals surface area contributed by atoms with Gasteiger partial charge in [0.1, 0.15) is 0 Å². The van der Waals surface area contributed by atoms with Gasteiger partial charge in [0.2, 0.25) is 5.91 Å². The lowest BCUT2D eigenvalue weighted by atomic mass is 9.95. The number of likely N-dealkylation sites (tertiary alicyclic amines) is 1. The van der Waals surface area contributed by atoms with Crippen LogP contribution in [0.5, 0.6) is 0 Å². The van der Waals surface area contributed by atoms with E-state index in [-0.39, 0.29) is 17.9 Å². The lowest BCUT2D eigenvalue weighted by molar-refractivity contribution is -0.127. The summed E-state index contributed by atoms with van der Waals surface area (Å²) in [5.41, 5.74) is 1.94. The summed E-state index contributed by atoms with van der Waals surface area (Å²) in [5.74, 6) is 0.872. The predicted octanol–water partition coefficient (Wildman–Crippen LogP) is 3.15. The monoisotopic (exact) mass is 329 g/mol. The van der Waals surface area contributed by atoms with Crippen molar-refractivity contribution in [2.45, 2.75) is 45.6 Å². The number of hydrogen-bond donors (Lipinski definition) is 2. The zero-order chi connectivity index (χ0) is 17.1. The molecule has 0 radical (unpaired) electrons. The number of urea groups is 1. The van der Waals surface area contributed by atoms with Crippen molar-refractivity contribution < 1.29 is 9.59 Å². The molecule has 1 saturated heterocycles. The second-order valence-corrected chi connectivity index (χ2v) is 7.20. The summed E-state index contributed by atoms with van der Waals surface area (Å²) in [4.78, 5) is 26.5. The smallest absolute Gasteiger partial charge is 0.321 e. The number of anilines is 1. The number of hydrogen-bond acceptors (Lipinski definition) is 2. The Hall–Kier alpha value is -2.04. The summed E-state index contributed by atoms with van der Waals surface area (Å²) in [6.07, 6.45) is 3.95. The van der Waals surface area contributed by atoms with Crippen LogP contribution in [0.1, 0.15) is 38.2 Å². The van der Waals surface area contributed by atoms with Crippen molar-refractivity contribution in [3.05, 3.63) is 29.8 Å². The number of carbonyl (C=O) groups excluding carboxylic acids is 2. The third-order valence-electron chi connectivity index (χ3n) is 5.12. The molecule has 5 nitrogen and oxygen atoms in total. The van der Waals surface area contributed by atoms with E-state index >= 15 is 0 Å². The Labute approximate surface area is 143 Å². The Morgan fingerprint density at radius 1 is 1.17 bits per heavy atom. The van der Waals surface area contributed by atoms with Crippen LogP contribution in [0.3, 0.4) is 0 Å². The fourth-order valence-electron chi connectivity index (χ4n) is 3.33. The van der Waals surface area contributed by atoms with Gasteiger partial charge < -0.3 is 15.5 Å². The minimum atomic E-state index is -0.0780. The van der Waals surface area contributed by atoms with E-state index in [0.29, 0.717) is 25.0 Å². The molecule has 2 N–H and O–H groups in total. The standard InChI is InChI=1S/C19H27N3O2/c1-13-4-3-5-17(12-13)21-19(24)22-10-8-16(9-11-22)18(23)20-14(2)15-6-7-15/h3-5,12,14-16H,6-11H2,1-2H3,(H,20,23)(H,21,24). The van der Waals surface area contributed by atoms with E-state index in [4.69, 9.17) is 0 Å². The highest BCUT2D eigenvalue weighted by molar-refractivity contribution is 5.89. The van der Waals surface area contributed by atoms with Crippen LogP contribution >= 0.6 is 0 Å². The second kappa shape index (κ2) is 7.24. The number of piperidine rings is 1. The maximum Gasteiger partial charge on any atom is 0.321 e. The molecule has 2 aliphatic rings. The van der Waals surface area contributed by atoms with Crippen molar-refractivity contribution in [3.8, 4) is 0 Å². The maximum absolute atomic E-state index is 12.3. The molecule has 1 aliphatic heterocycles. The lowest BCUT2D eigenvalue weighted by Crippen LogP contribution is -2.46. The van der Waals surface area contributed by atoms with Crippen molar-refractivity contribution in [1.29, 1.82) is 0 Å². The Morgan fingerprint density at radius 2 is 1.88 bits per heavy atom. The van der Waals surface area contributed by atoms with Crippen LogP contribution in [0.2, 0.25) is 0 Å². The molecule has 2 fully saturated rings. The van der Waals surface area contributed by atoms with Crippen LogP contribution in [0.15, 0.2) is 24.3 Å². The fraction of sp³-hybridized carbons (Fsp3) is 0.579. The van der Waals surface area contributed by atoms with Crippen LogP contribution < -0.4 is 10.6 Å². The first-order valence-electron chi connectivity index (χ1n) is 8.96. The topological polar surface area (TPSA) is 61.4 Å². The quantitative estimate of drug-likeness (QED) is 0.891. The van der Waals surface area contributed by atoms with Gasteiger partial charge in [-0.05, 0) is 63.1 Å². The van der Waals surface area contributed by atoms with E-state index in [2.05, 4.69) is 17.6 Å². The van der Waals surface area contributed by atoms with Crippen LogP contribution in [-0.2, 0) is 4.79 Å². The Kier molecular flexibility index (Phi) is 5.07. The van der Waals surface area contributed by atoms with Crippen molar-refractivity contribution >= 4 is 17.6 Å². The number of rotatable bonds is 4. The molecule has 1 aliphatic carbocycles. The SMILES string of the molecule is Cc1cccc(NC(=O)N2CCC(C(=O)NC(C)C3CC3)CC2)c1. The molecule has 1 unspecified atom stereocenters. The van der Waals surface area contributed by atoms with E-state index in [0.717, 1.165) is 24.1 Å². The molecular formula is C19H27N3O2. The third kappa shape index (κ3) is 4.28. The summed E-state index contributed by atoms with van der Waals surface area (Å²) < 4.78 is 0. The summed E-state index contributed by atoms with van der Waals surface area (Å²) in [7, 11) is 0. The molecule has 1 aromatic carbocycles. The Morgan fingerprint density at radius 3 is 2.50 bits per heavy atom. The number of amides is 3. The first-order valence-corrected chi connectivity index (χ1v) is 8.96. The number of nitrogens with one attached hydrogen (secondary N) is 2. The van der Waals surface area contributed by atoms with Crippen molar-refractivity contribution in [2.75, 3.05) is 18.4 Å². The minimum absolute atomic E-state index is 0.0363. The number of nitrogens with zero attached hydrogens (tertiary/aromatic N) is 1. The zero-order valence-electron chi connectivity index (χ0n) is 14.5. The van der Waals surface area contributed by atoms with E-state index in [1.54, 1.807) is 4.90 Å². The summed E-state index contributed by atoms with van der Waals surface area (Å²) in [6, 6.07) is 8.00. The predicted molar refractivity (Wildman–Crippen MR) is 94.8 cm³/mol. The molecule has 130 valence electrons. The summed E-state index contributed by atoms with van der Waals surface area (Å²) in [6.45, 7) is 5.36. The summed E-state index contributed by atoms with van der Waals surface area (Å²) in [5, 5.41) is 6.08. The van der Waals surface area contributed by atoms with Crippen molar-refractivity contribution in [3.63, 3.8) is 0 Å². The van der Waals surface area contributed by atoms with Gasteiger partial charge in [-0.25, -0.2) is 4.79 Å². The first kappa shape index (κ1) is 16.8. The van der Waals surface area contributed by atoms with E-state index in [1.807, 2.05) is 31.2 Å². The molecule has 1 heterocycles. The van der Waals surface area contributed by atoms with Gasteiger partial charge in [0.25, 0.3) is 0 Å². The molecule has 1 atom stereocenters. The molecule has 1 saturated carbocycles. The van der Waals surface area contributed by atoms with Crippen LogP contribution in [0.4, 0.5) is 10.5 Å². The fourth-order valence-corrected chi connectivity index (χ4v) is 3.33. The van der Waals surface area contributed by atoms with Gasteiger partial charge in [0.05, 0.1) is 0 Å². The molecule has 0 aromatic heterocycles. The van der Waals surface area contributed by atoms with Crippen LogP contribution in [-0.4, -0.2) is 36.0 Å². The highest BCUT2D eigenvalue weighted by Gasteiger charge is 2.32. The average molecular weight is 329 g/mol. The molecule has 5 heteroatoms. The van der Waals surface area contributed by atoms with Crippen LogP contribution in [0, 0.1) is 18.8 Å². The minimum Gasteiger partial charge on any atom is -0.353 e. The molecule has 0 spiro atoms. The Bertz CT molecular complexity index is 604. The summed E-state index contributed by atoms with van der Waals surface area (Å²) >= 11 is 0. The number of aryl methyl sites for hydroxylation is 1.